The van der Waals surface area contributed by atoms with E-state index in [1.165, 1.54) is 12.0 Å². The Hall–Kier alpha value is -3.03. The second-order valence-electron chi connectivity index (χ2n) is 7.12. The molecule has 0 aromatic heterocycles. The molecule has 0 bridgehead atoms. The molecule has 3 amide bonds. The number of imide groups is 1. The molecule has 2 rings (SSSR count). The Morgan fingerprint density at radius 3 is 2.32 bits per heavy atom. The van der Waals surface area contributed by atoms with Gasteiger partial charge in [0.1, 0.15) is 5.75 Å². The summed E-state index contributed by atoms with van der Waals surface area (Å²) in [5, 5.41) is 10.4. The number of carbonyl (C=O) groups excluding carboxylic acids is 2. The van der Waals surface area contributed by atoms with Crippen LogP contribution in [0.15, 0.2) is 30.0 Å². The van der Waals surface area contributed by atoms with Gasteiger partial charge in [-0.25, -0.2) is 4.79 Å². The predicted molar refractivity (Wildman–Crippen MR) is 118 cm³/mol. The Bertz CT molecular complexity index is 790. The zero-order chi connectivity index (χ0) is 23.4. The number of carboxylic acid groups (broad SMARTS) is 1. The summed E-state index contributed by atoms with van der Waals surface area (Å²) in [5.74, 6) is 0.0931. The monoisotopic (exact) mass is 434 g/mol. The van der Waals surface area contributed by atoms with Gasteiger partial charge in [0.15, 0.2) is 11.5 Å². The average Bonchev–Trinajstić information content (AvgIpc) is 3.05. The zero-order valence-electron chi connectivity index (χ0n) is 19.1. The van der Waals surface area contributed by atoms with Gasteiger partial charge < -0.3 is 14.6 Å². The lowest BCUT2D eigenvalue weighted by Crippen LogP contribution is -2.35. The van der Waals surface area contributed by atoms with Gasteiger partial charge in [-0.2, -0.15) is 0 Å². The van der Waals surface area contributed by atoms with Gasteiger partial charge in [0.2, 0.25) is 0 Å². The normalized spacial score (nSPS) is 15.6. The molecule has 1 atom stereocenters. The van der Waals surface area contributed by atoms with Gasteiger partial charge in [-0.3, -0.25) is 19.8 Å². The Balaban J connectivity index is 0.000000861. The van der Waals surface area contributed by atoms with Gasteiger partial charge in [0, 0.05) is 13.0 Å². The van der Waals surface area contributed by atoms with Gasteiger partial charge in [-0.15, -0.1) is 0 Å². The fourth-order valence-corrected chi connectivity index (χ4v) is 3.13. The van der Waals surface area contributed by atoms with Gasteiger partial charge >= 0.3 is 12.0 Å². The Kier molecular flexibility index (Phi) is 11.2. The van der Waals surface area contributed by atoms with E-state index in [1.807, 2.05) is 12.1 Å². The van der Waals surface area contributed by atoms with Crippen molar-refractivity contribution in [3.8, 4) is 5.75 Å². The summed E-state index contributed by atoms with van der Waals surface area (Å²) in [4.78, 5) is 35.9. The van der Waals surface area contributed by atoms with Gasteiger partial charge in [-0.05, 0) is 24.5 Å². The maximum absolute atomic E-state index is 12.9. The average molecular weight is 435 g/mol. The number of nitrogens with zero attached hydrogens (tertiary/aromatic N) is 1. The van der Waals surface area contributed by atoms with E-state index in [-0.39, 0.29) is 18.0 Å². The highest BCUT2D eigenvalue weighted by Crippen LogP contribution is 2.30. The van der Waals surface area contributed by atoms with E-state index in [2.05, 4.69) is 19.2 Å². The molecule has 172 valence electrons. The van der Waals surface area contributed by atoms with Crippen molar-refractivity contribution in [1.29, 1.82) is 0 Å². The van der Waals surface area contributed by atoms with Crippen LogP contribution in [-0.2, 0) is 14.3 Å². The number of amides is 3. The van der Waals surface area contributed by atoms with E-state index >= 15 is 0 Å². The molecule has 1 aliphatic heterocycles. The molecule has 1 unspecified atom stereocenters. The van der Waals surface area contributed by atoms with Crippen molar-refractivity contribution in [2.75, 3.05) is 20.8 Å². The minimum absolute atomic E-state index is 0.160. The molecule has 0 spiro atoms. The molecule has 1 saturated heterocycles. The first kappa shape index (κ1) is 26.0. The van der Waals surface area contributed by atoms with Crippen molar-refractivity contribution in [3.63, 3.8) is 0 Å². The smallest absolute Gasteiger partial charge is 0.329 e. The zero-order valence-corrected chi connectivity index (χ0v) is 19.1. The minimum Gasteiger partial charge on any atom is -0.496 e. The Morgan fingerprint density at radius 2 is 1.81 bits per heavy atom. The molecule has 1 heterocycles. The number of aliphatic carboxylic acids is 1. The Labute approximate surface area is 184 Å². The fraction of sp³-hybridized carbons (Fsp3) is 0.522. The molecule has 0 aliphatic carbocycles. The minimum atomic E-state index is -0.745. The molecular weight excluding hydrogens is 400 g/mol. The number of unbranched alkanes of at least 4 members (excludes halogenated alkanes) is 1. The van der Waals surface area contributed by atoms with E-state index < -0.39 is 12.0 Å². The summed E-state index contributed by atoms with van der Waals surface area (Å²) < 4.78 is 10.8. The summed E-state index contributed by atoms with van der Waals surface area (Å²) >= 11 is 0. The largest absolute Gasteiger partial charge is 0.496 e. The summed E-state index contributed by atoms with van der Waals surface area (Å²) in [6, 6.07) is 6.84. The number of rotatable bonds is 10. The molecule has 0 saturated carbocycles. The quantitative estimate of drug-likeness (QED) is 0.324. The number of methoxy groups -OCH3 is 2. The number of carboxylic acids is 1. The van der Waals surface area contributed by atoms with Gasteiger partial charge in [0.05, 0.1) is 19.8 Å². The van der Waals surface area contributed by atoms with E-state index in [0.717, 1.165) is 25.7 Å². The number of nitrogens with one attached hydrogen (secondary N) is 1. The maximum Gasteiger partial charge on any atom is 0.329 e. The van der Waals surface area contributed by atoms with Crippen LogP contribution < -0.4 is 10.1 Å². The van der Waals surface area contributed by atoms with Crippen LogP contribution in [0.25, 0.3) is 5.76 Å². The summed E-state index contributed by atoms with van der Waals surface area (Å²) in [6.45, 7) is 6.25. The number of para-hydroxylation sites is 1. The first-order valence-electron chi connectivity index (χ1n) is 10.6. The summed E-state index contributed by atoms with van der Waals surface area (Å²) in [6.07, 6.45) is 4.35. The lowest BCUT2D eigenvalue weighted by Gasteiger charge is -2.20. The van der Waals surface area contributed by atoms with Crippen LogP contribution in [0.4, 0.5) is 4.79 Å². The van der Waals surface area contributed by atoms with Crippen molar-refractivity contribution in [2.24, 2.45) is 5.92 Å². The third-order valence-corrected chi connectivity index (χ3v) is 5.01. The lowest BCUT2D eigenvalue weighted by molar-refractivity contribution is -0.136. The number of hydrogen-bond acceptors (Lipinski definition) is 5. The van der Waals surface area contributed by atoms with Crippen molar-refractivity contribution in [1.82, 2.24) is 10.2 Å². The highest BCUT2D eigenvalue weighted by atomic mass is 16.5. The summed E-state index contributed by atoms with van der Waals surface area (Å²) in [7, 11) is 3.03. The second-order valence-corrected chi connectivity index (χ2v) is 7.12. The van der Waals surface area contributed by atoms with E-state index in [1.54, 1.807) is 26.2 Å². The highest BCUT2D eigenvalue weighted by Gasteiger charge is 2.38. The number of hydrogen-bond donors (Lipinski definition) is 2. The summed E-state index contributed by atoms with van der Waals surface area (Å²) in [5.41, 5.74) is 0.786. The number of ether oxygens (including phenoxy) is 2. The van der Waals surface area contributed by atoms with Gasteiger partial charge in [-0.1, -0.05) is 52.2 Å². The van der Waals surface area contributed by atoms with Crippen LogP contribution in [0.1, 0.15) is 58.4 Å². The molecular formula is C23H34N2O6. The molecule has 1 aromatic carbocycles. The van der Waals surface area contributed by atoms with E-state index in [9.17, 15) is 14.4 Å². The second kappa shape index (κ2) is 13.3. The van der Waals surface area contributed by atoms with Crippen molar-refractivity contribution in [2.45, 2.75) is 52.9 Å². The molecule has 2 N–H and O–H groups in total. The van der Waals surface area contributed by atoms with Crippen LogP contribution in [0, 0.1) is 5.92 Å². The first-order valence-corrected chi connectivity index (χ1v) is 10.6. The lowest BCUT2D eigenvalue weighted by atomic mass is 9.99. The fourth-order valence-electron chi connectivity index (χ4n) is 3.13. The molecule has 8 nitrogen and oxygen atoms in total. The SMILES string of the molecule is CCC(=O)O.CCCCC(CC)CN1C(=O)N/C(=C(\OC)c2ccccc2OC)C1=O. The maximum atomic E-state index is 12.9. The molecule has 1 fully saturated rings. The van der Waals surface area contributed by atoms with E-state index in [4.69, 9.17) is 14.6 Å². The molecule has 8 heteroatoms. The highest BCUT2D eigenvalue weighted by molar-refractivity contribution is 6.15. The van der Waals surface area contributed by atoms with Crippen molar-refractivity contribution in [3.05, 3.63) is 35.5 Å². The number of benzene rings is 1. The predicted octanol–water partition coefficient (Wildman–Crippen LogP) is 4.26. The number of carbonyl (C=O) groups is 3. The molecule has 0 radical (unpaired) electrons. The molecule has 1 aromatic rings. The number of urea groups is 1. The molecule has 1 aliphatic rings. The Morgan fingerprint density at radius 1 is 1.16 bits per heavy atom. The third kappa shape index (κ3) is 7.31. The van der Waals surface area contributed by atoms with E-state index in [0.29, 0.717) is 29.5 Å². The van der Waals surface area contributed by atoms with Crippen LogP contribution in [0.3, 0.4) is 0 Å². The topological polar surface area (TPSA) is 105 Å². The van der Waals surface area contributed by atoms with Crippen LogP contribution in [-0.4, -0.2) is 48.7 Å². The standard InChI is InChI=1S/C20H28N2O4.C3H6O2/c1-5-7-10-14(6-2)13-22-19(23)17(21-20(22)24)18(26-4)15-11-8-9-12-16(15)25-3;1-2-3(4)5/h8-9,11-12,14H,5-7,10,13H2,1-4H3,(H,21,24);2H2,1H3,(H,4,5)/b18-17-;. The first-order chi connectivity index (χ1) is 14.8. The van der Waals surface area contributed by atoms with Crippen LogP contribution in [0.2, 0.25) is 0 Å². The van der Waals surface area contributed by atoms with Crippen LogP contribution in [0.5, 0.6) is 5.75 Å². The third-order valence-electron chi connectivity index (χ3n) is 5.01. The molecule has 31 heavy (non-hydrogen) atoms. The van der Waals surface area contributed by atoms with Gasteiger partial charge in [0.25, 0.3) is 5.91 Å². The van der Waals surface area contributed by atoms with Crippen LogP contribution >= 0.6 is 0 Å². The van der Waals surface area contributed by atoms with Crippen molar-refractivity contribution >= 4 is 23.7 Å². The van der Waals surface area contributed by atoms with Crippen molar-refractivity contribution < 1.29 is 29.0 Å².